The van der Waals surface area contributed by atoms with Crippen LogP contribution in [0.2, 0.25) is 0 Å². The van der Waals surface area contributed by atoms with Gasteiger partial charge in [0.2, 0.25) is 5.91 Å². The standard InChI is InChI=1S/C27H29FN4O4/c1-17(26(33)30-16-18-5-4-11-29-15-18)31-27(34)32-12-10-20-13-23(35-2)24(36-3)14-22(20)25(32)19-6-8-21(28)9-7-19/h4-9,11,13-15,17,25H,10,12,16H2,1-3H3,(H,30,33)(H,31,34). The van der Waals surface area contributed by atoms with E-state index in [1.807, 2.05) is 18.2 Å². The van der Waals surface area contributed by atoms with Crippen LogP contribution in [0.5, 0.6) is 11.5 Å². The van der Waals surface area contributed by atoms with E-state index < -0.39 is 18.1 Å². The Morgan fingerprint density at radius 2 is 1.86 bits per heavy atom. The average Bonchev–Trinajstić information content (AvgIpc) is 2.91. The minimum atomic E-state index is -0.769. The maximum absolute atomic E-state index is 13.7. The van der Waals surface area contributed by atoms with Crippen molar-refractivity contribution >= 4 is 11.9 Å². The van der Waals surface area contributed by atoms with Crippen molar-refractivity contribution in [3.63, 3.8) is 0 Å². The fourth-order valence-electron chi connectivity index (χ4n) is 4.35. The Labute approximate surface area is 209 Å². The van der Waals surface area contributed by atoms with Crippen LogP contribution in [0.15, 0.2) is 60.9 Å². The largest absolute Gasteiger partial charge is 0.493 e. The normalized spacial score (nSPS) is 15.4. The van der Waals surface area contributed by atoms with Gasteiger partial charge in [0.15, 0.2) is 11.5 Å². The predicted octanol–water partition coefficient (Wildman–Crippen LogP) is 3.60. The number of hydrogen-bond acceptors (Lipinski definition) is 5. The molecule has 0 bridgehead atoms. The SMILES string of the molecule is COc1cc2c(cc1OC)C(c1ccc(F)cc1)N(C(=O)NC(C)C(=O)NCc1cccnc1)CC2. The summed E-state index contributed by atoms with van der Waals surface area (Å²) in [5, 5.41) is 5.62. The summed E-state index contributed by atoms with van der Waals surface area (Å²) in [4.78, 5) is 31.8. The fraction of sp³-hybridized carbons (Fsp3) is 0.296. The van der Waals surface area contributed by atoms with Gasteiger partial charge in [-0.2, -0.15) is 0 Å². The van der Waals surface area contributed by atoms with E-state index in [-0.39, 0.29) is 11.7 Å². The Bertz CT molecular complexity index is 1220. The number of pyridine rings is 1. The van der Waals surface area contributed by atoms with Crippen LogP contribution in [0.3, 0.4) is 0 Å². The van der Waals surface area contributed by atoms with E-state index in [1.54, 1.807) is 56.6 Å². The first-order valence-corrected chi connectivity index (χ1v) is 11.6. The van der Waals surface area contributed by atoms with E-state index >= 15 is 0 Å². The monoisotopic (exact) mass is 492 g/mol. The summed E-state index contributed by atoms with van der Waals surface area (Å²) >= 11 is 0. The van der Waals surface area contributed by atoms with Gasteiger partial charge in [-0.05, 0) is 65.9 Å². The summed E-state index contributed by atoms with van der Waals surface area (Å²) < 4.78 is 24.7. The lowest BCUT2D eigenvalue weighted by Crippen LogP contribution is -2.52. The summed E-state index contributed by atoms with van der Waals surface area (Å²) in [5.74, 6) is 0.464. The quantitative estimate of drug-likeness (QED) is 0.526. The van der Waals surface area contributed by atoms with Crippen LogP contribution in [0.25, 0.3) is 0 Å². The molecule has 1 aliphatic heterocycles. The number of nitrogens with zero attached hydrogens (tertiary/aromatic N) is 2. The molecule has 4 rings (SSSR count). The molecule has 0 aliphatic carbocycles. The van der Waals surface area contributed by atoms with Gasteiger partial charge in [-0.25, -0.2) is 9.18 Å². The molecule has 0 saturated carbocycles. The molecule has 0 spiro atoms. The minimum Gasteiger partial charge on any atom is -0.493 e. The minimum absolute atomic E-state index is 0.309. The zero-order chi connectivity index (χ0) is 25.7. The molecule has 3 amide bonds. The first-order valence-electron chi connectivity index (χ1n) is 11.6. The molecule has 8 nitrogen and oxygen atoms in total. The average molecular weight is 493 g/mol. The molecule has 2 unspecified atom stereocenters. The van der Waals surface area contributed by atoms with Crippen molar-refractivity contribution in [2.45, 2.75) is 32.0 Å². The molecular weight excluding hydrogens is 463 g/mol. The molecule has 3 aromatic rings. The number of halogens is 1. The molecule has 0 fully saturated rings. The van der Waals surface area contributed by atoms with Gasteiger partial charge in [0, 0.05) is 25.5 Å². The summed E-state index contributed by atoms with van der Waals surface area (Å²) in [5.41, 5.74) is 3.47. The van der Waals surface area contributed by atoms with Gasteiger partial charge < -0.3 is 25.0 Å². The smallest absolute Gasteiger partial charge is 0.318 e. The number of benzene rings is 2. The third-order valence-corrected chi connectivity index (χ3v) is 6.24. The Kier molecular flexibility index (Phi) is 7.68. The van der Waals surface area contributed by atoms with Crippen LogP contribution >= 0.6 is 0 Å². The summed E-state index contributed by atoms with van der Waals surface area (Å²) in [6.07, 6.45) is 3.92. The van der Waals surface area contributed by atoms with Crippen molar-refractivity contribution in [2.24, 2.45) is 0 Å². The molecule has 2 N–H and O–H groups in total. The maximum atomic E-state index is 13.7. The third-order valence-electron chi connectivity index (χ3n) is 6.24. The second-order valence-corrected chi connectivity index (χ2v) is 8.55. The van der Waals surface area contributed by atoms with Gasteiger partial charge in [0.05, 0.1) is 20.3 Å². The molecule has 2 heterocycles. The second kappa shape index (κ2) is 11.1. The van der Waals surface area contributed by atoms with E-state index in [4.69, 9.17) is 9.47 Å². The zero-order valence-electron chi connectivity index (χ0n) is 20.5. The number of nitrogens with one attached hydrogen (secondary N) is 2. The molecule has 0 saturated heterocycles. The first kappa shape index (κ1) is 25.0. The van der Waals surface area contributed by atoms with Crippen molar-refractivity contribution in [1.29, 1.82) is 0 Å². The van der Waals surface area contributed by atoms with Gasteiger partial charge in [-0.3, -0.25) is 9.78 Å². The van der Waals surface area contributed by atoms with Gasteiger partial charge >= 0.3 is 6.03 Å². The Balaban J connectivity index is 1.57. The highest BCUT2D eigenvalue weighted by atomic mass is 19.1. The van der Waals surface area contributed by atoms with Crippen molar-refractivity contribution < 1.29 is 23.5 Å². The van der Waals surface area contributed by atoms with E-state index in [0.717, 1.165) is 22.3 Å². The lowest BCUT2D eigenvalue weighted by atomic mass is 9.88. The van der Waals surface area contributed by atoms with E-state index in [2.05, 4.69) is 15.6 Å². The van der Waals surface area contributed by atoms with Gasteiger partial charge in [0.25, 0.3) is 0 Å². The van der Waals surface area contributed by atoms with Gasteiger partial charge in [-0.1, -0.05) is 18.2 Å². The number of urea groups is 1. The van der Waals surface area contributed by atoms with Crippen molar-refractivity contribution in [1.82, 2.24) is 20.5 Å². The number of aromatic nitrogens is 1. The van der Waals surface area contributed by atoms with Crippen LogP contribution in [0.1, 0.15) is 35.2 Å². The van der Waals surface area contributed by atoms with Crippen LogP contribution in [0.4, 0.5) is 9.18 Å². The topological polar surface area (TPSA) is 92.8 Å². The summed E-state index contributed by atoms with van der Waals surface area (Å²) in [6.45, 7) is 2.35. The number of rotatable bonds is 7. The van der Waals surface area contributed by atoms with Crippen molar-refractivity contribution in [3.8, 4) is 11.5 Å². The molecule has 0 radical (unpaired) electrons. The molecule has 1 aliphatic rings. The second-order valence-electron chi connectivity index (χ2n) is 8.55. The molecule has 188 valence electrons. The number of ether oxygens (including phenoxy) is 2. The summed E-state index contributed by atoms with van der Waals surface area (Å²) in [6, 6.07) is 11.8. The Hall–Kier alpha value is -4.14. The number of hydrogen-bond donors (Lipinski definition) is 2. The van der Waals surface area contributed by atoms with E-state index in [0.29, 0.717) is 31.0 Å². The first-order chi connectivity index (χ1) is 17.4. The highest BCUT2D eigenvalue weighted by molar-refractivity contribution is 5.87. The third kappa shape index (κ3) is 5.40. The fourth-order valence-corrected chi connectivity index (χ4v) is 4.35. The Morgan fingerprint density at radius 3 is 2.53 bits per heavy atom. The van der Waals surface area contributed by atoms with Crippen LogP contribution in [-0.4, -0.2) is 48.6 Å². The highest BCUT2D eigenvalue weighted by Crippen LogP contribution is 2.41. The highest BCUT2D eigenvalue weighted by Gasteiger charge is 2.34. The van der Waals surface area contributed by atoms with E-state index in [1.165, 1.54) is 12.1 Å². The molecule has 1 aromatic heterocycles. The maximum Gasteiger partial charge on any atom is 0.318 e. The van der Waals surface area contributed by atoms with Crippen LogP contribution < -0.4 is 20.1 Å². The number of carbonyl (C=O) groups is 2. The summed E-state index contributed by atoms with van der Waals surface area (Å²) in [7, 11) is 3.13. The van der Waals surface area contributed by atoms with Crippen molar-refractivity contribution in [2.75, 3.05) is 20.8 Å². The van der Waals surface area contributed by atoms with Gasteiger partial charge in [-0.15, -0.1) is 0 Å². The molecule has 2 aromatic carbocycles. The number of amides is 3. The molecular formula is C27H29FN4O4. The lowest BCUT2D eigenvalue weighted by molar-refractivity contribution is -0.122. The van der Waals surface area contributed by atoms with E-state index in [9.17, 15) is 14.0 Å². The van der Waals surface area contributed by atoms with Crippen LogP contribution in [0, 0.1) is 5.82 Å². The lowest BCUT2D eigenvalue weighted by Gasteiger charge is -2.38. The Morgan fingerprint density at radius 1 is 1.14 bits per heavy atom. The molecule has 2 atom stereocenters. The predicted molar refractivity (Wildman–Crippen MR) is 132 cm³/mol. The number of fused-ring (bicyclic) bond motifs is 1. The molecule has 36 heavy (non-hydrogen) atoms. The number of methoxy groups -OCH3 is 2. The van der Waals surface area contributed by atoms with Crippen molar-refractivity contribution in [3.05, 3.63) is 89.0 Å². The number of carbonyl (C=O) groups excluding carboxylic acids is 2. The van der Waals surface area contributed by atoms with Crippen LogP contribution in [-0.2, 0) is 17.8 Å². The molecule has 9 heteroatoms. The van der Waals surface area contributed by atoms with Gasteiger partial charge in [0.1, 0.15) is 11.9 Å². The zero-order valence-corrected chi connectivity index (χ0v) is 20.5.